The highest BCUT2D eigenvalue weighted by Gasteiger charge is 2.60. The summed E-state index contributed by atoms with van der Waals surface area (Å²) in [5, 5.41) is 0. The topological polar surface area (TPSA) is 40.6 Å². The van der Waals surface area contributed by atoms with Gasteiger partial charge in [-0.1, -0.05) is 29.8 Å². The number of carbonyl (C=O) groups excluding carboxylic acids is 2. The van der Waals surface area contributed by atoms with Crippen molar-refractivity contribution in [3.63, 3.8) is 0 Å². The lowest BCUT2D eigenvalue weighted by molar-refractivity contribution is -0.141. The zero-order chi connectivity index (χ0) is 19.5. The van der Waals surface area contributed by atoms with Gasteiger partial charge in [-0.15, -0.1) is 11.8 Å². The molecule has 144 valence electrons. The van der Waals surface area contributed by atoms with E-state index in [0.717, 1.165) is 41.0 Å². The van der Waals surface area contributed by atoms with Crippen molar-refractivity contribution in [2.24, 2.45) is 5.92 Å². The molecule has 2 aromatic rings. The van der Waals surface area contributed by atoms with Crippen LogP contribution >= 0.6 is 11.8 Å². The number of rotatable bonds is 3. The first-order chi connectivity index (χ1) is 13.5. The molecule has 3 aliphatic rings. The standard InChI is InChI=1S/C22H21FN2O2S/c1-14-2-9-19-18(12-14)22(25(10-11-28-22)20(26)16-5-6-16)21(27)24(19)13-15-3-7-17(23)8-4-15/h2-4,7-9,12,16H,5-6,10-11,13H2,1H3. The monoisotopic (exact) mass is 396 g/mol. The van der Waals surface area contributed by atoms with Gasteiger partial charge in [0.2, 0.25) is 5.91 Å². The minimum atomic E-state index is -0.957. The number of nitrogens with zero attached hydrogens (tertiary/aromatic N) is 2. The van der Waals surface area contributed by atoms with Crippen LogP contribution in [0.2, 0.25) is 0 Å². The molecule has 0 aromatic heterocycles. The van der Waals surface area contributed by atoms with Crippen LogP contribution in [0.4, 0.5) is 10.1 Å². The van der Waals surface area contributed by atoms with Gasteiger partial charge in [0.05, 0.1) is 12.2 Å². The summed E-state index contributed by atoms with van der Waals surface area (Å²) in [6, 6.07) is 12.2. The highest BCUT2D eigenvalue weighted by molar-refractivity contribution is 8.01. The molecule has 1 saturated heterocycles. The van der Waals surface area contributed by atoms with Gasteiger partial charge in [-0.05, 0) is 43.5 Å². The average molecular weight is 396 g/mol. The molecule has 1 aliphatic carbocycles. The van der Waals surface area contributed by atoms with Crippen molar-refractivity contribution in [2.75, 3.05) is 17.2 Å². The predicted octanol–water partition coefficient (Wildman–Crippen LogP) is 3.82. The van der Waals surface area contributed by atoms with E-state index in [1.807, 2.05) is 30.0 Å². The first-order valence-electron chi connectivity index (χ1n) is 9.64. The number of hydrogen-bond acceptors (Lipinski definition) is 3. The van der Waals surface area contributed by atoms with E-state index in [9.17, 15) is 14.0 Å². The van der Waals surface area contributed by atoms with Gasteiger partial charge in [-0.25, -0.2) is 4.39 Å². The molecule has 1 saturated carbocycles. The molecule has 2 aromatic carbocycles. The van der Waals surface area contributed by atoms with E-state index in [-0.39, 0.29) is 23.5 Å². The van der Waals surface area contributed by atoms with E-state index in [1.54, 1.807) is 28.8 Å². The fourth-order valence-corrected chi connectivity index (χ4v) is 5.69. The molecule has 2 amide bonds. The Bertz CT molecular complexity index is 973. The van der Waals surface area contributed by atoms with Crippen molar-refractivity contribution < 1.29 is 14.0 Å². The molecule has 0 N–H and O–H groups in total. The smallest absolute Gasteiger partial charge is 0.268 e. The van der Waals surface area contributed by atoms with Gasteiger partial charge in [0.1, 0.15) is 5.82 Å². The number of amides is 2. The van der Waals surface area contributed by atoms with Crippen molar-refractivity contribution >= 4 is 29.3 Å². The van der Waals surface area contributed by atoms with Gasteiger partial charge in [0.15, 0.2) is 4.87 Å². The molecule has 6 heteroatoms. The maximum Gasteiger partial charge on any atom is 0.268 e. The first kappa shape index (κ1) is 17.7. The van der Waals surface area contributed by atoms with Crippen molar-refractivity contribution in [3.8, 4) is 0 Å². The van der Waals surface area contributed by atoms with E-state index in [0.29, 0.717) is 13.1 Å². The second-order valence-electron chi connectivity index (χ2n) is 7.79. The second-order valence-corrected chi connectivity index (χ2v) is 9.08. The molecule has 1 spiro atoms. The molecule has 1 unspecified atom stereocenters. The van der Waals surface area contributed by atoms with Gasteiger partial charge in [-0.2, -0.15) is 0 Å². The van der Waals surface area contributed by atoms with Crippen LogP contribution in [0.3, 0.4) is 0 Å². The Labute approximate surface area is 167 Å². The Morgan fingerprint density at radius 3 is 2.68 bits per heavy atom. The van der Waals surface area contributed by atoms with Gasteiger partial charge in [0.25, 0.3) is 5.91 Å². The number of carbonyl (C=O) groups is 2. The van der Waals surface area contributed by atoms with E-state index >= 15 is 0 Å². The van der Waals surface area contributed by atoms with E-state index in [1.165, 1.54) is 12.1 Å². The van der Waals surface area contributed by atoms with E-state index in [2.05, 4.69) is 0 Å². The zero-order valence-corrected chi connectivity index (χ0v) is 16.5. The third kappa shape index (κ3) is 2.58. The molecule has 2 aliphatic heterocycles. The molecule has 4 nitrogen and oxygen atoms in total. The number of aryl methyl sites for hydroxylation is 1. The van der Waals surface area contributed by atoms with Gasteiger partial charge in [0, 0.05) is 23.8 Å². The summed E-state index contributed by atoms with van der Waals surface area (Å²) in [4.78, 5) is 29.4. The molecule has 2 heterocycles. The molecule has 1 atom stereocenters. The molecule has 0 radical (unpaired) electrons. The normalized spacial score (nSPS) is 23.6. The minimum Gasteiger partial charge on any atom is -0.315 e. The van der Waals surface area contributed by atoms with Crippen LogP contribution < -0.4 is 4.90 Å². The largest absolute Gasteiger partial charge is 0.315 e. The summed E-state index contributed by atoms with van der Waals surface area (Å²) in [5.41, 5.74) is 3.70. The fourth-order valence-electron chi connectivity index (χ4n) is 4.23. The SMILES string of the molecule is Cc1ccc2c(c1)C1(SCCN1C(=O)C1CC1)C(=O)N2Cc1ccc(F)cc1. The maximum atomic E-state index is 13.8. The summed E-state index contributed by atoms with van der Waals surface area (Å²) >= 11 is 1.56. The summed E-state index contributed by atoms with van der Waals surface area (Å²) in [6.07, 6.45) is 1.84. The van der Waals surface area contributed by atoms with Crippen LogP contribution in [0.25, 0.3) is 0 Å². The Balaban J connectivity index is 1.59. The Kier molecular flexibility index (Phi) is 4.02. The van der Waals surface area contributed by atoms with Gasteiger partial charge < -0.3 is 9.80 Å². The lowest BCUT2D eigenvalue weighted by atomic mass is 10.0. The van der Waals surface area contributed by atoms with Crippen molar-refractivity contribution in [1.82, 2.24) is 4.90 Å². The van der Waals surface area contributed by atoms with Crippen LogP contribution in [0.15, 0.2) is 42.5 Å². The van der Waals surface area contributed by atoms with Crippen LogP contribution in [-0.4, -0.2) is 29.0 Å². The number of benzene rings is 2. The van der Waals surface area contributed by atoms with Gasteiger partial charge >= 0.3 is 0 Å². The number of thioether (sulfide) groups is 1. The quantitative estimate of drug-likeness (QED) is 0.792. The molecule has 2 fully saturated rings. The van der Waals surface area contributed by atoms with E-state index in [4.69, 9.17) is 0 Å². The number of fused-ring (bicyclic) bond motifs is 2. The highest BCUT2D eigenvalue weighted by atomic mass is 32.2. The second kappa shape index (κ2) is 6.34. The predicted molar refractivity (Wildman–Crippen MR) is 107 cm³/mol. The minimum absolute atomic E-state index is 0.0612. The van der Waals surface area contributed by atoms with Crippen molar-refractivity contribution in [3.05, 3.63) is 65.0 Å². The summed E-state index contributed by atoms with van der Waals surface area (Å²) < 4.78 is 13.3. The molecular formula is C22H21FN2O2S. The van der Waals surface area contributed by atoms with Crippen molar-refractivity contribution in [1.29, 1.82) is 0 Å². The zero-order valence-electron chi connectivity index (χ0n) is 15.7. The number of hydrogen-bond donors (Lipinski definition) is 0. The fraction of sp³-hybridized carbons (Fsp3) is 0.364. The van der Waals surface area contributed by atoms with Gasteiger partial charge in [-0.3, -0.25) is 9.59 Å². The van der Waals surface area contributed by atoms with Crippen LogP contribution in [0, 0.1) is 18.7 Å². The highest BCUT2D eigenvalue weighted by Crippen LogP contribution is 2.55. The lowest BCUT2D eigenvalue weighted by Gasteiger charge is -2.33. The Morgan fingerprint density at radius 1 is 1.21 bits per heavy atom. The first-order valence-corrected chi connectivity index (χ1v) is 10.6. The lowest BCUT2D eigenvalue weighted by Crippen LogP contribution is -2.50. The molecular weight excluding hydrogens is 375 g/mol. The Hall–Kier alpha value is -2.34. The molecule has 0 bridgehead atoms. The van der Waals surface area contributed by atoms with Crippen LogP contribution in [0.1, 0.15) is 29.5 Å². The number of halogens is 1. The summed E-state index contributed by atoms with van der Waals surface area (Å²) in [6.45, 7) is 2.97. The summed E-state index contributed by atoms with van der Waals surface area (Å²) in [7, 11) is 0. The third-order valence-corrected chi connectivity index (χ3v) is 7.21. The van der Waals surface area contributed by atoms with Crippen LogP contribution in [-0.2, 0) is 21.0 Å². The summed E-state index contributed by atoms with van der Waals surface area (Å²) in [5.74, 6) is 0.574. The average Bonchev–Trinajstić information content (AvgIpc) is 3.41. The molecule has 28 heavy (non-hydrogen) atoms. The van der Waals surface area contributed by atoms with E-state index < -0.39 is 4.87 Å². The number of anilines is 1. The van der Waals surface area contributed by atoms with Crippen molar-refractivity contribution in [2.45, 2.75) is 31.2 Å². The molecule has 5 rings (SSSR count). The third-order valence-electron chi connectivity index (χ3n) is 5.80. The van der Waals surface area contributed by atoms with Crippen LogP contribution in [0.5, 0.6) is 0 Å². The Morgan fingerprint density at radius 2 is 1.96 bits per heavy atom. The maximum absolute atomic E-state index is 13.8.